The number of nitrogens with one attached hydrogen (secondary N) is 1. The van der Waals surface area contributed by atoms with E-state index in [-0.39, 0.29) is 12.4 Å². The quantitative estimate of drug-likeness (QED) is 0.862. The maximum atomic E-state index is 5.26. The van der Waals surface area contributed by atoms with Gasteiger partial charge in [-0.15, -0.1) is 12.4 Å². The van der Waals surface area contributed by atoms with Crippen LogP contribution < -0.4 is 19.5 Å². The van der Waals surface area contributed by atoms with E-state index in [1.54, 1.807) is 21.3 Å². The molecular formula is C11H18ClNO3. The fraction of sp³-hybridized carbons (Fsp3) is 0.455. The molecule has 0 aliphatic carbocycles. The highest BCUT2D eigenvalue weighted by molar-refractivity contribution is 5.85. The topological polar surface area (TPSA) is 39.7 Å². The molecular weight excluding hydrogens is 230 g/mol. The molecule has 1 aromatic carbocycles. The second kappa shape index (κ2) is 7.19. The highest BCUT2D eigenvalue weighted by atomic mass is 35.5. The van der Waals surface area contributed by atoms with Gasteiger partial charge in [-0.1, -0.05) is 0 Å². The summed E-state index contributed by atoms with van der Waals surface area (Å²) in [6, 6.07) is 3.74. The molecule has 0 atom stereocenters. The third-order valence-electron chi connectivity index (χ3n) is 2.15. The third kappa shape index (κ3) is 3.18. The predicted molar refractivity (Wildman–Crippen MR) is 66.1 cm³/mol. The normalized spacial score (nSPS) is 9.25. The van der Waals surface area contributed by atoms with E-state index >= 15 is 0 Å². The Morgan fingerprint density at radius 2 is 1.44 bits per heavy atom. The summed E-state index contributed by atoms with van der Waals surface area (Å²) < 4.78 is 15.7. The van der Waals surface area contributed by atoms with Gasteiger partial charge in [0, 0.05) is 18.2 Å². The molecule has 5 heteroatoms. The van der Waals surface area contributed by atoms with Crippen LogP contribution in [0, 0.1) is 0 Å². The van der Waals surface area contributed by atoms with Gasteiger partial charge in [-0.05, 0) is 13.1 Å². The Morgan fingerprint density at radius 1 is 0.938 bits per heavy atom. The first-order valence-corrected chi connectivity index (χ1v) is 4.70. The standard InChI is InChI=1S/C11H17NO3.ClH/c1-12-7-8-5-10(14-3)11(15-4)6-9(8)13-2;/h5-6,12H,7H2,1-4H3;1H. The third-order valence-corrected chi connectivity index (χ3v) is 2.15. The Morgan fingerprint density at radius 3 is 1.88 bits per heavy atom. The molecule has 1 aromatic rings. The number of hydrogen-bond donors (Lipinski definition) is 1. The number of hydrogen-bond acceptors (Lipinski definition) is 4. The van der Waals surface area contributed by atoms with Crippen molar-refractivity contribution in [1.82, 2.24) is 5.32 Å². The molecule has 0 fully saturated rings. The molecule has 16 heavy (non-hydrogen) atoms. The van der Waals surface area contributed by atoms with E-state index in [9.17, 15) is 0 Å². The second-order valence-electron chi connectivity index (χ2n) is 3.05. The van der Waals surface area contributed by atoms with Crippen LogP contribution in [0.1, 0.15) is 5.56 Å². The zero-order chi connectivity index (χ0) is 11.3. The lowest BCUT2D eigenvalue weighted by Crippen LogP contribution is -2.07. The van der Waals surface area contributed by atoms with Crippen LogP contribution in [0.25, 0.3) is 0 Å². The Kier molecular flexibility index (Phi) is 6.69. The van der Waals surface area contributed by atoms with Gasteiger partial charge >= 0.3 is 0 Å². The van der Waals surface area contributed by atoms with Crippen molar-refractivity contribution < 1.29 is 14.2 Å². The second-order valence-corrected chi connectivity index (χ2v) is 3.05. The molecule has 0 aliphatic rings. The first-order valence-electron chi connectivity index (χ1n) is 4.70. The van der Waals surface area contributed by atoms with Crippen LogP contribution in [0.3, 0.4) is 0 Å². The Labute approximate surface area is 102 Å². The lowest BCUT2D eigenvalue weighted by molar-refractivity contribution is 0.347. The van der Waals surface area contributed by atoms with Crippen molar-refractivity contribution in [1.29, 1.82) is 0 Å². The first kappa shape index (κ1) is 14.9. The van der Waals surface area contributed by atoms with Crippen molar-refractivity contribution in [3.05, 3.63) is 17.7 Å². The van der Waals surface area contributed by atoms with Gasteiger partial charge < -0.3 is 19.5 Å². The molecule has 0 heterocycles. The van der Waals surface area contributed by atoms with Crippen molar-refractivity contribution in [2.45, 2.75) is 6.54 Å². The van der Waals surface area contributed by atoms with Gasteiger partial charge in [-0.25, -0.2) is 0 Å². The van der Waals surface area contributed by atoms with Crippen LogP contribution in [0.4, 0.5) is 0 Å². The lowest BCUT2D eigenvalue weighted by Gasteiger charge is -2.13. The van der Waals surface area contributed by atoms with E-state index in [0.29, 0.717) is 11.5 Å². The van der Waals surface area contributed by atoms with Crippen molar-refractivity contribution in [3.8, 4) is 17.2 Å². The van der Waals surface area contributed by atoms with Gasteiger partial charge in [-0.2, -0.15) is 0 Å². The summed E-state index contributed by atoms with van der Waals surface area (Å²) >= 11 is 0. The zero-order valence-electron chi connectivity index (χ0n) is 9.99. The number of rotatable bonds is 5. The molecule has 92 valence electrons. The van der Waals surface area contributed by atoms with Crippen molar-refractivity contribution in [2.24, 2.45) is 0 Å². The molecule has 1 N–H and O–H groups in total. The highest BCUT2D eigenvalue weighted by Gasteiger charge is 2.10. The number of methoxy groups -OCH3 is 3. The van der Waals surface area contributed by atoms with Gasteiger partial charge in [0.05, 0.1) is 21.3 Å². The molecule has 1 rings (SSSR count). The highest BCUT2D eigenvalue weighted by Crippen LogP contribution is 2.34. The first-order chi connectivity index (χ1) is 7.26. The zero-order valence-corrected chi connectivity index (χ0v) is 10.8. The van der Waals surface area contributed by atoms with Crippen molar-refractivity contribution in [2.75, 3.05) is 28.4 Å². The largest absolute Gasteiger partial charge is 0.496 e. The molecule has 0 aromatic heterocycles. The maximum Gasteiger partial charge on any atom is 0.164 e. The molecule has 0 radical (unpaired) electrons. The smallest absolute Gasteiger partial charge is 0.164 e. The van der Waals surface area contributed by atoms with E-state index in [0.717, 1.165) is 17.9 Å². The number of ether oxygens (including phenoxy) is 3. The van der Waals surface area contributed by atoms with E-state index < -0.39 is 0 Å². The molecule has 0 amide bonds. The van der Waals surface area contributed by atoms with Crippen LogP contribution >= 0.6 is 12.4 Å². The van der Waals surface area contributed by atoms with E-state index in [1.807, 2.05) is 19.2 Å². The Hall–Kier alpha value is -1.13. The lowest BCUT2D eigenvalue weighted by atomic mass is 10.1. The van der Waals surface area contributed by atoms with Gasteiger partial charge in [0.1, 0.15) is 5.75 Å². The average molecular weight is 248 g/mol. The van der Waals surface area contributed by atoms with E-state index in [1.165, 1.54) is 0 Å². The molecule has 0 spiro atoms. The van der Waals surface area contributed by atoms with Crippen LogP contribution in [-0.2, 0) is 6.54 Å². The minimum Gasteiger partial charge on any atom is -0.496 e. The molecule has 0 bridgehead atoms. The molecule has 4 nitrogen and oxygen atoms in total. The van der Waals surface area contributed by atoms with Crippen LogP contribution in [0.15, 0.2) is 12.1 Å². The van der Waals surface area contributed by atoms with Crippen LogP contribution in [0.2, 0.25) is 0 Å². The van der Waals surface area contributed by atoms with Crippen molar-refractivity contribution in [3.63, 3.8) is 0 Å². The Bertz CT molecular complexity index is 331. The molecule has 0 saturated heterocycles. The molecule has 0 unspecified atom stereocenters. The van der Waals surface area contributed by atoms with Crippen LogP contribution in [0.5, 0.6) is 17.2 Å². The SMILES string of the molecule is CNCc1cc(OC)c(OC)cc1OC.Cl. The molecule has 0 saturated carbocycles. The average Bonchev–Trinajstić information content (AvgIpc) is 2.28. The van der Waals surface area contributed by atoms with Crippen molar-refractivity contribution >= 4 is 12.4 Å². The fourth-order valence-corrected chi connectivity index (χ4v) is 1.42. The summed E-state index contributed by atoms with van der Waals surface area (Å²) in [6.07, 6.45) is 0. The van der Waals surface area contributed by atoms with Gasteiger partial charge in [0.15, 0.2) is 11.5 Å². The number of halogens is 1. The maximum absolute atomic E-state index is 5.26. The summed E-state index contributed by atoms with van der Waals surface area (Å²) in [4.78, 5) is 0. The van der Waals surface area contributed by atoms with E-state index in [2.05, 4.69) is 5.32 Å². The summed E-state index contributed by atoms with van der Waals surface area (Å²) in [7, 11) is 6.75. The van der Waals surface area contributed by atoms with Crippen LogP contribution in [-0.4, -0.2) is 28.4 Å². The minimum absolute atomic E-state index is 0. The summed E-state index contributed by atoms with van der Waals surface area (Å²) in [6.45, 7) is 0.726. The minimum atomic E-state index is 0. The Balaban J connectivity index is 0.00000225. The van der Waals surface area contributed by atoms with Gasteiger partial charge in [0.25, 0.3) is 0 Å². The van der Waals surface area contributed by atoms with Gasteiger partial charge in [0.2, 0.25) is 0 Å². The number of benzene rings is 1. The fourth-order valence-electron chi connectivity index (χ4n) is 1.42. The summed E-state index contributed by atoms with van der Waals surface area (Å²) in [5.41, 5.74) is 1.04. The summed E-state index contributed by atoms with van der Waals surface area (Å²) in [5, 5.41) is 3.07. The molecule has 0 aliphatic heterocycles. The monoisotopic (exact) mass is 247 g/mol. The summed E-state index contributed by atoms with van der Waals surface area (Å²) in [5.74, 6) is 2.18. The van der Waals surface area contributed by atoms with Gasteiger partial charge in [-0.3, -0.25) is 0 Å². The predicted octanol–water partition coefficient (Wildman–Crippen LogP) is 1.85. The van der Waals surface area contributed by atoms with E-state index in [4.69, 9.17) is 14.2 Å².